The fraction of sp³-hybridized carbons (Fsp3) is 0.133. The number of carbonyl (C=O) groups is 1. The van der Waals surface area contributed by atoms with Crippen molar-refractivity contribution < 1.29 is 4.79 Å². The molecule has 0 saturated heterocycles. The van der Waals surface area contributed by atoms with Crippen molar-refractivity contribution in [1.82, 2.24) is 0 Å². The predicted molar refractivity (Wildman–Crippen MR) is 78.9 cm³/mol. The minimum absolute atomic E-state index is 0.0219. The van der Waals surface area contributed by atoms with E-state index in [1.807, 2.05) is 44.2 Å². The van der Waals surface area contributed by atoms with Crippen molar-refractivity contribution in [2.45, 2.75) is 13.3 Å². The van der Waals surface area contributed by atoms with E-state index in [1.54, 1.807) is 6.07 Å². The summed E-state index contributed by atoms with van der Waals surface area (Å²) in [7, 11) is 1.95. The molecule has 0 bridgehead atoms. The van der Waals surface area contributed by atoms with Gasteiger partial charge in [0.2, 0.25) is 0 Å². The number of benzene rings is 2. The highest BCUT2D eigenvalue weighted by Gasteiger charge is 2.12. The summed E-state index contributed by atoms with van der Waals surface area (Å²) in [5.74, 6) is -0.0219. The van der Waals surface area contributed by atoms with Gasteiger partial charge in [0.05, 0.1) is 5.02 Å². The van der Waals surface area contributed by atoms with Crippen LogP contribution in [-0.4, -0.2) is 13.6 Å². The number of hydrogen-bond donors (Lipinski definition) is 0. The molecule has 0 N–H and O–H groups in total. The Morgan fingerprint density at radius 3 is 2.44 bits per heavy atom. The van der Waals surface area contributed by atoms with E-state index in [0.717, 1.165) is 11.9 Å². The van der Waals surface area contributed by atoms with E-state index in [1.165, 1.54) is 5.56 Å². The van der Waals surface area contributed by atoms with Crippen molar-refractivity contribution >= 4 is 30.7 Å². The van der Waals surface area contributed by atoms with Crippen LogP contribution in [0.3, 0.4) is 0 Å². The maximum absolute atomic E-state index is 12.3. The molecule has 0 fully saturated rings. The number of hydrogen-bond acceptors (Lipinski definition) is 1. The smallest absolute Gasteiger partial charge is 0.194 e. The molecule has 0 aliphatic carbocycles. The summed E-state index contributed by atoms with van der Waals surface area (Å²) >= 11 is 6.08. The van der Waals surface area contributed by atoms with Gasteiger partial charge in [-0.25, -0.2) is 0 Å². The Hall–Kier alpha value is -1.54. The highest BCUT2D eigenvalue weighted by atomic mass is 35.5. The number of rotatable bonds is 3. The van der Waals surface area contributed by atoms with Crippen LogP contribution < -0.4 is 5.46 Å². The average Bonchev–Trinajstić information content (AvgIpc) is 2.41. The van der Waals surface area contributed by atoms with Gasteiger partial charge < -0.3 is 0 Å². The van der Waals surface area contributed by atoms with E-state index in [2.05, 4.69) is 6.92 Å². The summed E-state index contributed by atoms with van der Waals surface area (Å²) in [6, 6.07) is 13.2. The minimum Gasteiger partial charge on any atom is -0.289 e. The molecule has 0 unspecified atom stereocenters. The summed E-state index contributed by atoms with van der Waals surface area (Å²) in [4.78, 5) is 12.3. The molecule has 2 aromatic rings. The number of carbonyl (C=O) groups excluding carboxylic acids is 1. The van der Waals surface area contributed by atoms with Crippen LogP contribution in [0.2, 0.25) is 5.02 Å². The topological polar surface area (TPSA) is 17.1 Å². The first-order valence-electron chi connectivity index (χ1n) is 6.01. The summed E-state index contributed by atoms with van der Waals surface area (Å²) in [5, 5.41) is 0.505. The van der Waals surface area contributed by atoms with Gasteiger partial charge in [0.15, 0.2) is 5.78 Å². The van der Waals surface area contributed by atoms with Crippen LogP contribution in [0.25, 0.3) is 0 Å². The average molecular weight is 257 g/mol. The summed E-state index contributed by atoms with van der Waals surface area (Å²) < 4.78 is 0. The third-order valence-corrected chi connectivity index (χ3v) is 3.32. The highest BCUT2D eigenvalue weighted by Crippen LogP contribution is 2.18. The Morgan fingerprint density at radius 1 is 1.17 bits per heavy atom. The van der Waals surface area contributed by atoms with Gasteiger partial charge >= 0.3 is 0 Å². The van der Waals surface area contributed by atoms with Gasteiger partial charge in [0, 0.05) is 11.1 Å². The van der Waals surface area contributed by atoms with Gasteiger partial charge in [0.25, 0.3) is 0 Å². The van der Waals surface area contributed by atoms with Crippen LogP contribution in [0.4, 0.5) is 0 Å². The van der Waals surface area contributed by atoms with Crippen molar-refractivity contribution in [3.05, 3.63) is 64.2 Å². The van der Waals surface area contributed by atoms with E-state index in [-0.39, 0.29) is 5.78 Å². The van der Waals surface area contributed by atoms with E-state index in [0.29, 0.717) is 16.1 Å². The summed E-state index contributed by atoms with van der Waals surface area (Å²) in [6.07, 6.45) is 0.972. The molecular formula is C15H14BClO. The lowest BCUT2D eigenvalue weighted by Gasteiger charge is -2.06. The first-order valence-corrected chi connectivity index (χ1v) is 6.39. The second-order valence-electron chi connectivity index (χ2n) is 4.36. The number of halogens is 1. The fourth-order valence-corrected chi connectivity index (χ4v) is 2.06. The van der Waals surface area contributed by atoms with E-state index in [4.69, 9.17) is 11.6 Å². The first kappa shape index (κ1) is 12.9. The van der Waals surface area contributed by atoms with E-state index >= 15 is 0 Å². The van der Waals surface area contributed by atoms with Crippen molar-refractivity contribution in [2.24, 2.45) is 0 Å². The molecule has 2 aromatic carbocycles. The van der Waals surface area contributed by atoms with Crippen molar-refractivity contribution in [2.75, 3.05) is 0 Å². The molecule has 1 nitrogen and oxygen atoms in total. The summed E-state index contributed by atoms with van der Waals surface area (Å²) in [6.45, 7) is 2.09. The second kappa shape index (κ2) is 5.41. The Balaban J connectivity index is 2.38. The molecule has 0 heterocycles. The van der Waals surface area contributed by atoms with Crippen LogP contribution in [0.5, 0.6) is 0 Å². The Labute approximate surface area is 113 Å². The fourth-order valence-electron chi connectivity index (χ4n) is 1.86. The van der Waals surface area contributed by atoms with Crippen molar-refractivity contribution in [3.8, 4) is 0 Å². The van der Waals surface area contributed by atoms with E-state index in [9.17, 15) is 4.79 Å². The Bertz CT molecular complexity index is 576. The van der Waals surface area contributed by atoms with Crippen LogP contribution in [0, 0.1) is 0 Å². The molecule has 0 radical (unpaired) electrons. The van der Waals surface area contributed by atoms with Gasteiger partial charge in [-0.05, 0) is 18.1 Å². The molecule has 90 valence electrons. The third kappa shape index (κ3) is 2.65. The Morgan fingerprint density at radius 2 is 1.83 bits per heavy atom. The first-order chi connectivity index (χ1) is 8.61. The number of aryl methyl sites for hydroxylation is 1. The highest BCUT2D eigenvalue weighted by molar-refractivity contribution is 6.37. The maximum Gasteiger partial charge on any atom is 0.194 e. The SMILES string of the molecule is Bc1ccc(Cl)c(C(=O)c2ccc(CC)cc2)c1. The zero-order valence-electron chi connectivity index (χ0n) is 10.5. The molecule has 0 spiro atoms. The molecule has 0 amide bonds. The standard InChI is InChI=1S/C15H14BClO/c1-2-10-3-5-11(6-4-10)15(18)13-9-12(16)7-8-14(13)17/h3-9H,2,16H2,1H3. The lowest BCUT2D eigenvalue weighted by Crippen LogP contribution is -2.09. The summed E-state index contributed by atoms with van der Waals surface area (Å²) in [5.41, 5.74) is 3.51. The van der Waals surface area contributed by atoms with Crippen molar-refractivity contribution in [1.29, 1.82) is 0 Å². The lowest BCUT2D eigenvalue weighted by molar-refractivity contribution is 0.103. The zero-order chi connectivity index (χ0) is 13.1. The second-order valence-corrected chi connectivity index (χ2v) is 4.77. The molecule has 0 saturated carbocycles. The van der Waals surface area contributed by atoms with Crippen LogP contribution in [0.1, 0.15) is 28.4 Å². The molecule has 0 aliphatic heterocycles. The monoisotopic (exact) mass is 256 g/mol. The molecule has 18 heavy (non-hydrogen) atoms. The lowest BCUT2D eigenvalue weighted by atomic mass is 9.92. The van der Waals surface area contributed by atoms with Crippen LogP contribution >= 0.6 is 11.6 Å². The largest absolute Gasteiger partial charge is 0.289 e. The van der Waals surface area contributed by atoms with Gasteiger partial charge in [-0.15, -0.1) is 0 Å². The molecular weight excluding hydrogens is 242 g/mol. The molecule has 0 atom stereocenters. The zero-order valence-corrected chi connectivity index (χ0v) is 11.3. The Kier molecular flexibility index (Phi) is 3.88. The van der Waals surface area contributed by atoms with Gasteiger partial charge in [0.1, 0.15) is 7.85 Å². The normalized spacial score (nSPS) is 10.3. The predicted octanol–water partition coefficient (Wildman–Crippen LogP) is 2.39. The third-order valence-electron chi connectivity index (χ3n) is 2.99. The van der Waals surface area contributed by atoms with Gasteiger partial charge in [-0.2, -0.15) is 0 Å². The quantitative estimate of drug-likeness (QED) is 0.609. The molecule has 2 rings (SSSR count). The molecule has 0 aliphatic rings. The molecule has 0 aromatic heterocycles. The maximum atomic E-state index is 12.3. The van der Waals surface area contributed by atoms with Gasteiger partial charge in [-0.1, -0.05) is 60.4 Å². The molecule has 3 heteroatoms. The van der Waals surface area contributed by atoms with Crippen LogP contribution in [-0.2, 0) is 6.42 Å². The van der Waals surface area contributed by atoms with E-state index < -0.39 is 0 Å². The van der Waals surface area contributed by atoms with Crippen LogP contribution in [0.15, 0.2) is 42.5 Å². The minimum atomic E-state index is -0.0219. The van der Waals surface area contributed by atoms with Crippen molar-refractivity contribution in [3.63, 3.8) is 0 Å². The number of ketones is 1. The van der Waals surface area contributed by atoms with Gasteiger partial charge in [-0.3, -0.25) is 4.79 Å².